The van der Waals surface area contributed by atoms with Gasteiger partial charge in [0.1, 0.15) is 0 Å². The van der Waals surface area contributed by atoms with Crippen molar-refractivity contribution in [3.63, 3.8) is 0 Å². The Kier molecular flexibility index (Phi) is 6.32. The first kappa shape index (κ1) is 16.2. The average molecular weight is 403 g/mol. The van der Waals surface area contributed by atoms with Gasteiger partial charge in [-0.25, -0.2) is 8.42 Å². The summed E-state index contributed by atoms with van der Waals surface area (Å²) in [6.07, 6.45) is 0.864. The Morgan fingerprint density at radius 2 is 2.00 bits per heavy atom. The fourth-order valence-corrected chi connectivity index (χ4v) is 4.12. The molecule has 0 aromatic heterocycles. The SMILES string of the molecule is Cl.O=S(=O)(c1cccc(I)c1)N1CCCNCC1. The quantitative estimate of drug-likeness (QED) is 0.766. The summed E-state index contributed by atoms with van der Waals surface area (Å²) in [4.78, 5) is 0.395. The highest BCUT2D eigenvalue weighted by Gasteiger charge is 2.24. The molecule has 0 spiro atoms. The van der Waals surface area contributed by atoms with Crippen molar-refractivity contribution in [1.29, 1.82) is 0 Å². The number of rotatable bonds is 2. The summed E-state index contributed by atoms with van der Waals surface area (Å²) in [5.41, 5.74) is 0. The van der Waals surface area contributed by atoms with Crippen molar-refractivity contribution in [2.24, 2.45) is 0 Å². The highest BCUT2D eigenvalue weighted by Crippen LogP contribution is 2.18. The van der Waals surface area contributed by atoms with Gasteiger partial charge in [-0.1, -0.05) is 6.07 Å². The summed E-state index contributed by atoms with van der Waals surface area (Å²) in [5.74, 6) is 0. The van der Waals surface area contributed by atoms with Crippen LogP contribution in [0.25, 0.3) is 0 Å². The first-order chi connectivity index (χ1) is 8.10. The van der Waals surface area contributed by atoms with Gasteiger partial charge < -0.3 is 5.32 Å². The van der Waals surface area contributed by atoms with Crippen molar-refractivity contribution in [1.82, 2.24) is 9.62 Å². The Bertz CT molecular complexity index is 488. The molecule has 0 aliphatic carbocycles. The van der Waals surface area contributed by atoms with Gasteiger partial charge in [0.2, 0.25) is 10.0 Å². The Hall–Kier alpha value is 0.110. The number of sulfonamides is 1. The number of hydrogen-bond acceptors (Lipinski definition) is 3. The van der Waals surface area contributed by atoms with Gasteiger partial charge in [-0.15, -0.1) is 12.4 Å². The van der Waals surface area contributed by atoms with Crippen LogP contribution in [0, 0.1) is 3.57 Å². The standard InChI is InChI=1S/C11H15IN2O2S.ClH/c12-10-3-1-4-11(9-10)17(15,16)14-7-2-5-13-6-8-14;/h1,3-4,9,13H,2,5-8H2;1H. The lowest BCUT2D eigenvalue weighted by molar-refractivity contribution is 0.432. The first-order valence-electron chi connectivity index (χ1n) is 5.57. The molecule has 1 fully saturated rings. The lowest BCUT2D eigenvalue weighted by Gasteiger charge is -2.19. The van der Waals surface area contributed by atoms with E-state index in [1.807, 2.05) is 6.07 Å². The highest BCUT2D eigenvalue weighted by atomic mass is 127. The molecule has 1 aromatic carbocycles. The third-order valence-corrected chi connectivity index (χ3v) is 5.30. The third-order valence-electron chi connectivity index (χ3n) is 2.73. The van der Waals surface area contributed by atoms with Crippen molar-refractivity contribution in [2.75, 3.05) is 26.2 Å². The zero-order chi connectivity index (χ0) is 12.3. The van der Waals surface area contributed by atoms with E-state index in [1.165, 1.54) is 0 Å². The molecular weight excluding hydrogens is 387 g/mol. The Balaban J connectivity index is 0.00000162. The summed E-state index contributed by atoms with van der Waals surface area (Å²) < 4.78 is 27.3. The van der Waals surface area contributed by atoms with Crippen LogP contribution in [-0.4, -0.2) is 38.9 Å². The van der Waals surface area contributed by atoms with Crippen LogP contribution in [0.15, 0.2) is 29.2 Å². The topological polar surface area (TPSA) is 49.4 Å². The molecule has 1 aliphatic heterocycles. The first-order valence-corrected chi connectivity index (χ1v) is 8.09. The van der Waals surface area contributed by atoms with E-state index in [0.29, 0.717) is 18.0 Å². The molecule has 2 rings (SSSR count). The van der Waals surface area contributed by atoms with Gasteiger partial charge in [-0.3, -0.25) is 0 Å². The van der Waals surface area contributed by atoms with Crippen LogP contribution in [-0.2, 0) is 10.0 Å². The summed E-state index contributed by atoms with van der Waals surface area (Å²) in [7, 11) is -3.32. The molecule has 0 atom stereocenters. The molecule has 0 amide bonds. The van der Waals surface area contributed by atoms with Crippen LogP contribution < -0.4 is 5.32 Å². The Morgan fingerprint density at radius 3 is 2.72 bits per heavy atom. The number of benzene rings is 1. The molecule has 1 heterocycles. The monoisotopic (exact) mass is 402 g/mol. The second-order valence-corrected chi connectivity index (χ2v) is 7.15. The van der Waals surface area contributed by atoms with Crippen molar-refractivity contribution in [3.05, 3.63) is 27.8 Å². The van der Waals surface area contributed by atoms with E-state index in [4.69, 9.17) is 0 Å². The molecule has 1 N–H and O–H groups in total. The van der Waals surface area contributed by atoms with Crippen LogP contribution in [0.1, 0.15) is 6.42 Å². The van der Waals surface area contributed by atoms with Crippen LogP contribution in [0.5, 0.6) is 0 Å². The molecule has 0 unspecified atom stereocenters. The molecule has 18 heavy (non-hydrogen) atoms. The number of hydrogen-bond donors (Lipinski definition) is 1. The van der Waals surface area contributed by atoms with Crippen LogP contribution >= 0.6 is 35.0 Å². The summed E-state index contributed by atoms with van der Waals surface area (Å²) in [5, 5.41) is 3.20. The second-order valence-electron chi connectivity index (χ2n) is 3.97. The minimum atomic E-state index is -3.32. The van der Waals surface area contributed by atoms with Gasteiger partial charge in [-0.05, 0) is 53.8 Å². The van der Waals surface area contributed by atoms with Gasteiger partial charge in [0.25, 0.3) is 0 Å². The number of nitrogens with zero attached hydrogens (tertiary/aromatic N) is 1. The lowest BCUT2D eigenvalue weighted by Crippen LogP contribution is -2.34. The summed E-state index contributed by atoms with van der Waals surface area (Å²) >= 11 is 2.13. The van der Waals surface area contributed by atoms with Crippen LogP contribution in [0.2, 0.25) is 0 Å². The maximum atomic E-state index is 12.4. The summed E-state index contributed by atoms with van der Waals surface area (Å²) in [6, 6.07) is 7.05. The van der Waals surface area contributed by atoms with Gasteiger partial charge in [0.05, 0.1) is 4.90 Å². The van der Waals surface area contributed by atoms with Crippen molar-refractivity contribution in [3.8, 4) is 0 Å². The van der Waals surface area contributed by atoms with Gasteiger partial charge in [-0.2, -0.15) is 4.31 Å². The van der Waals surface area contributed by atoms with E-state index < -0.39 is 10.0 Å². The fraction of sp³-hybridized carbons (Fsp3) is 0.455. The highest BCUT2D eigenvalue weighted by molar-refractivity contribution is 14.1. The normalized spacial score (nSPS) is 17.8. The maximum Gasteiger partial charge on any atom is 0.243 e. The minimum absolute atomic E-state index is 0. The smallest absolute Gasteiger partial charge is 0.243 e. The molecule has 102 valence electrons. The van der Waals surface area contributed by atoms with E-state index in [0.717, 1.165) is 23.1 Å². The van der Waals surface area contributed by atoms with Crippen molar-refractivity contribution >= 4 is 45.0 Å². The molecule has 4 nitrogen and oxygen atoms in total. The molecule has 0 radical (unpaired) electrons. The molecule has 0 saturated carbocycles. The predicted molar refractivity (Wildman–Crippen MR) is 82.7 cm³/mol. The molecule has 1 aliphatic rings. The number of halogens is 2. The fourth-order valence-electron chi connectivity index (χ4n) is 1.84. The lowest BCUT2D eigenvalue weighted by atomic mass is 10.4. The van der Waals surface area contributed by atoms with E-state index in [9.17, 15) is 8.42 Å². The molecular formula is C11H16ClIN2O2S. The molecule has 1 saturated heterocycles. The summed E-state index contributed by atoms with van der Waals surface area (Å²) in [6.45, 7) is 2.76. The van der Waals surface area contributed by atoms with Crippen molar-refractivity contribution < 1.29 is 8.42 Å². The molecule has 7 heteroatoms. The minimum Gasteiger partial charge on any atom is -0.315 e. The van der Waals surface area contributed by atoms with E-state index >= 15 is 0 Å². The Labute approximate surface area is 128 Å². The van der Waals surface area contributed by atoms with Crippen LogP contribution in [0.4, 0.5) is 0 Å². The van der Waals surface area contributed by atoms with Crippen LogP contribution in [0.3, 0.4) is 0 Å². The zero-order valence-corrected chi connectivity index (χ0v) is 13.6. The molecule has 1 aromatic rings. The maximum absolute atomic E-state index is 12.4. The third kappa shape index (κ3) is 3.80. The van der Waals surface area contributed by atoms with Gasteiger partial charge in [0.15, 0.2) is 0 Å². The van der Waals surface area contributed by atoms with E-state index in [2.05, 4.69) is 27.9 Å². The predicted octanol–water partition coefficient (Wildman–Crippen LogP) is 1.70. The number of nitrogens with one attached hydrogen (secondary N) is 1. The van der Waals surface area contributed by atoms with Gasteiger partial charge in [0, 0.05) is 23.2 Å². The van der Waals surface area contributed by atoms with E-state index in [1.54, 1.807) is 22.5 Å². The second kappa shape index (κ2) is 7.04. The zero-order valence-electron chi connectivity index (χ0n) is 9.80. The van der Waals surface area contributed by atoms with E-state index in [-0.39, 0.29) is 12.4 Å². The van der Waals surface area contributed by atoms with Gasteiger partial charge >= 0.3 is 0 Å². The average Bonchev–Trinajstić information content (AvgIpc) is 2.58. The van der Waals surface area contributed by atoms with Crippen molar-refractivity contribution in [2.45, 2.75) is 11.3 Å². The largest absolute Gasteiger partial charge is 0.315 e. The molecule has 0 bridgehead atoms. The Morgan fingerprint density at radius 1 is 1.22 bits per heavy atom.